The van der Waals surface area contributed by atoms with Crippen molar-refractivity contribution in [2.24, 2.45) is 0 Å². The van der Waals surface area contributed by atoms with E-state index in [2.05, 4.69) is 10.5 Å². The van der Waals surface area contributed by atoms with Crippen LogP contribution in [0.2, 0.25) is 0 Å². The second kappa shape index (κ2) is 6.07. The summed E-state index contributed by atoms with van der Waals surface area (Å²) < 4.78 is 16.0. The number of hydrogen-bond donors (Lipinski definition) is 1. The first-order valence-corrected chi connectivity index (χ1v) is 8.07. The Morgan fingerprint density at radius 2 is 2.21 bits per heavy atom. The molecule has 0 radical (unpaired) electrons. The molecule has 2 aromatic rings. The SMILES string of the molecule is Cc1cc([C@H]2CCCN2C(=O)NCc2ccc3c(c2)OCO3)on1. The van der Waals surface area contributed by atoms with Crippen LogP contribution >= 0.6 is 0 Å². The zero-order valence-corrected chi connectivity index (χ0v) is 13.4. The van der Waals surface area contributed by atoms with Crippen LogP contribution in [-0.4, -0.2) is 29.4 Å². The van der Waals surface area contributed by atoms with Gasteiger partial charge in [-0.1, -0.05) is 11.2 Å². The van der Waals surface area contributed by atoms with Gasteiger partial charge in [0.2, 0.25) is 6.79 Å². The van der Waals surface area contributed by atoms with Crippen LogP contribution in [0.4, 0.5) is 4.79 Å². The first kappa shape index (κ1) is 14.9. The summed E-state index contributed by atoms with van der Waals surface area (Å²) in [6.07, 6.45) is 1.86. The predicted octanol–water partition coefficient (Wildman–Crippen LogP) is 2.76. The van der Waals surface area contributed by atoms with Crippen molar-refractivity contribution in [3.05, 3.63) is 41.3 Å². The van der Waals surface area contributed by atoms with Crippen molar-refractivity contribution in [2.75, 3.05) is 13.3 Å². The average Bonchev–Trinajstić information content (AvgIpc) is 3.31. The minimum atomic E-state index is -0.0933. The third-order valence-corrected chi connectivity index (χ3v) is 4.37. The van der Waals surface area contributed by atoms with E-state index in [4.69, 9.17) is 14.0 Å². The molecule has 1 N–H and O–H groups in total. The quantitative estimate of drug-likeness (QED) is 0.937. The molecule has 2 aliphatic heterocycles. The van der Waals surface area contributed by atoms with Gasteiger partial charge < -0.3 is 24.2 Å². The molecule has 0 unspecified atom stereocenters. The number of nitrogens with one attached hydrogen (secondary N) is 1. The molecule has 7 nitrogen and oxygen atoms in total. The largest absolute Gasteiger partial charge is 0.454 e. The van der Waals surface area contributed by atoms with Crippen LogP contribution in [0.3, 0.4) is 0 Å². The van der Waals surface area contributed by atoms with Gasteiger partial charge in [-0.15, -0.1) is 0 Å². The van der Waals surface area contributed by atoms with Crippen molar-refractivity contribution in [1.82, 2.24) is 15.4 Å². The molecule has 24 heavy (non-hydrogen) atoms. The van der Waals surface area contributed by atoms with Crippen LogP contribution in [0.15, 0.2) is 28.8 Å². The summed E-state index contributed by atoms with van der Waals surface area (Å²) >= 11 is 0. The number of nitrogens with zero attached hydrogens (tertiary/aromatic N) is 2. The highest BCUT2D eigenvalue weighted by Crippen LogP contribution is 2.33. The Morgan fingerprint density at radius 1 is 1.33 bits per heavy atom. The van der Waals surface area contributed by atoms with E-state index < -0.39 is 0 Å². The Bertz CT molecular complexity index is 758. The topological polar surface area (TPSA) is 76.8 Å². The normalized spacial score (nSPS) is 18.9. The van der Waals surface area contributed by atoms with Crippen molar-refractivity contribution in [3.8, 4) is 11.5 Å². The Balaban J connectivity index is 1.40. The molecule has 4 rings (SSSR count). The Labute approximate surface area is 139 Å². The number of ether oxygens (including phenoxy) is 2. The smallest absolute Gasteiger partial charge is 0.318 e. The van der Waals surface area contributed by atoms with Crippen molar-refractivity contribution >= 4 is 6.03 Å². The predicted molar refractivity (Wildman–Crippen MR) is 84.7 cm³/mol. The molecule has 1 aromatic heterocycles. The molecule has 7 heteroatoms. The molecule has 0 bridgehead atoms. The van der Waals surface area contributed by atoms with Gasteiger partial charge in [0.05, 0.1) is 11.7 Å². The van der Waals surface area contributed by atoms with Crippen molar-refractivity contribution in [2.45, 2.75) is 32.4 Å². The molecular weight excluding hydrogens is 310 g/mol. The molecule has 1 aromatic carbocycles. The Kier molecular flexibility index (Phi) is 3.76. The number of carbonyl (C=O) groups excluding carboxylic acids is 1. The number of amides is 2. The van der Waals surface area contributed by atoms with Gasteiger partial charge in [0, 0.05) is 19.2 Å². The Hall–Kier alpha value is -2.70. The van der Waals surface area contributed by atoms with Crippen molar-refractivity contribution in [3.63, 3.8) is 0 Å². The third-order valence-electron chi connectivity index (χ3n) is 4.37. The molecular formula is C17H19N3O4. The highest BCUT2D eigenvalue weighted by atomic mass is 16.7. The van der Waals surface area contributed by atoms with Gasteiger partial charge >= 0.3 is 6.03 Å². The molecule has 1 saturated heterocycles. The number of likely N-dealkylation sites (tertiary alicyclic amines) is 1. The molecule has 1 fully saturated rings. The lowest BCUT2D eigenvalue weighted by molar-refractivity contribution is 0.174. The van der Waals surface area contributed by atoms with Gasteiger partial charge in [-0.05, 0) is 37.5 Å². The summed E-state index contributed by atoms with van der Waals surface area (Å²) in [5.74, 6) is 2.21. The molecule has 126 valence electrons. The van der Waals surface area contributed by atoms with Crippen LogP contribution in [0, 0.1) is 6.92 Å². The summed E-state index contributed by atoms with van der Waals surface area (Å²) in [6, 6.07) is 7.44. The van der Waals surface area contributed by atoms with E-state index in [9.17, 15) is 4.79 Å². The maximum absolute atomic E-state index is 12.5. The van der Waals surface area contributed by atoms with Gasteiger partial charge in [-0.25, -0.2) is 4.79 Å². The van der Waals surface area contributed by atoms with E-state index >= 15 is 0 Å². The van der Waals surface area contributed by atoms with Crippen molar-refractivity contribution in [1.29, 1.82) is 0 Å². The molecule has 2 aliphatic rings. The molecule has 0 saturated carbocycles. The van der Waals surface area contributed by atoms with E-state index in [0.29, 0.717) is 6.54 Å². The lowest BCUT2D eigenvalue weighted by atomic mass is 10.1. The second-order valence-corrected chi connectivity index (χ2v) is 6.07. The first-order valence-electron chi connectivity index (χ1n) is 8.07. The first-order chi connectivity index (χ1) is 11.7. The highest BCUT2D eigenvalue weighted by Gasteiger charge is 2.32. The van der Waals surface area contributed by atoms with Crippen LogP contribution in [0.25, 0.3) is 0 Å². The number of benzene rings is 1. The molecule has 0 aliphatic carbocycles. The number of fused-ring (bicyclic) bond motifs is 1. The summed E-state index contributed by atoms with van der Waals surface area (Å²) in [4.78, 5) is 14.4. The summed E-state index contributed by atoms with van der Waals surface area (Å²) in [5, 5.41) is 6.89. The number of urea groups is 1. The van der Waals surface area contributed by atoms with Gasteiger partial charge in [0.1, 0.15) is 0 Å². The van der Waals surface area contributed by atoms with E-state index in [1.165, 1.54) is 0 Å². The van der Waals surface area contributed by atoms with Gasteiger partial charge in [-0.3, -0.25) is 0 Å². The number of aryl methyl sites for hydroxylation is 1. The number of rotatable bonds is 3. The van der Waals surface area contributed by atoms with E-state index in [0.717, 1.165) is 47.9 Å². The third kappa shape index (κ3) is 2.77. The van der Waals surface area contributed by atoms with Crippen LogP contribution in [0.1, 0.15) is 35.9 Å². The van der Waals surface area contributed by atoms with Gasteiger partial charge in [-0.2, -0.15) is 0 Å². The minimum absolute atomic E-state index is 0.0389. The second-order valence-electron chi connectivity index (χ2n) is 6.07. The number of carbonyl (C=O) groups is 1. The molecule has 1 atom stereocenters. The maximum Gasteiger partial charge on any atom is 0.318 e. The number of hydrogen-bond acceptors (Lipinski definition) is 5. The summed E-state index contributed by atoms with van der Waals surface area (Å²) in [6.45, 7) is 3.29. The summed E-state index contributed by atoms with van der Waals surface area (Å²) in [7, 11) is 0. The fourth-order valence-corrected chi connectivity index (χ4v) is 3.18. The molecule has 2 amide bonds. The zero-order chi connectivity index (χ0) is 16.5. The lowest BCUT2D eigenvalue weighted by Gasteiger charge is -2.23. The Morgan fingerprint density at radius 3 is 3.04 bits per heavy atom. The van der Waals surface area contributed by atoms with Gasteiger partial charge in [0.15, 0.2) is 17.3 Å². The summed E-state index contributed by atoms with van der Waals surface area (Å²) in [5.41, 5.74) is 1.80. The standard InChI is InChI=1S/C17H19N3O4/c1-11-7-15(24-19-11)13-3-2-6-20(13)17(21)18-9-12-4-5-14-16(8-12)23-10-22-14/h4-5,7-8,13H,2-3,6,9-10H2,1H3,(H,18,21)/t13-/m1/s1. The lowest BCUT2D eigenvalue weighted by Crippen LogP contribution is -2.39. The minimum Gasteiger partial charge on any atom is -0.454 e. The highest BCUT2D eigenvalue weighted by molar-refractivity contribution is 5.75. The zero-order valence-electron chi connectivity index (χ0n) is 13.4. The van der Waals surface area contributed by atoms with Gasteiger partial charge in [0.25, 0.3) is 0 Å². The fourth-order valence-electron chi connectivity index (χ4n) is 3.18. The number of aromatic nitrogens is 1. The van der Waals surface area contributed by atoms with Crippen LogP contribution < -0.4 is 14.8 Å². The van der Waals surface area contributed by atoms with E-state index in [1.54, 1.807) is 0 Å². The average molecular weight is 329 g/mol. The maximum atomic E-state index is 12.5. The molecule has 3 heterocycles. The van der Waals surface area contributed by atoms with Crippen molar-refractivity contribution < 1.29 is 18.8 Å². The van der Waals surface area contributed by atoms with E-state index in [-0.39, 0.29) is 18.9 Å². The van der Waals surface area contributed by atoms with Crippen LogP contribution in [0.5, 0.6) is 11.5 Å². The fraction of sp³-hybridized carbons (Fsp3) is 0.412. The molecule has 0 spiro atoms. The van der Waals surface area contributed by atoms with E-state index in [1.807, 2.05) is 36.1 Å². The monoisotopic (exact) mass is 329 g/mol. The van der Waals surface area contributed by atoms with Crippen LogP contribution in [-0.2, 0) is 6.54 Å².